The van der Waals surface area contributed by atoms with Crippen molar-refractivity contribution >= 4 is 23.4 Å². The Bertz CT molecular complexity index is 802. The van der Waals surface area contributed by atoms with E-state index in [1.807, 2.05) is 45.9 Å². The van der Waals surface area contributed by atoms with Gasteiger partial charge in [0.25, 0.3) is 0 Å². The van der Waals surface area contributed by atoms with Gasteiger partial charge in [0.15, 0.2) is 0 Å². The number of likely N-dealkylation sites (tertiary alicyclic amines) is 1. The topological polar surface area (TPSA) is 79.0 Å². The number of hydrogen-bond donors (Lipinski definition) is 1. The summed E-state index contributed by atoms with van der Waals surface area (Å²) in [6.45, 7) is 9.30. The molecule has 2 aliphatic heterocycles. The summed E-state index contributed by atoms with van der Waals surface area (Å²) < 4.78 is 5.71. The number of aryl methyl sites for hydroxylation is 1. The van der Waals surface area contributed by atoms with Gasteiger partial charge in [-0.15, -0.1) is 0 Å². The normalized spacial score (nSPS) is 21.4. The second-order valence-electron chi connectivity index (χ2n) is 8.69. The Morgan fingerprint density at radius 3 is 2.70 bits per heavy atom. The summed E-state index contributed by atoms with van der Waals surface area (Å²) in [5.41, 5.74) is 2.86. The van der Waals surface area contributed by atoms with Crippen LogP contribution in [0.15, 0.2) is 18.2 Å². The van der Waals surface area contributed by atoms with Crippen molar-refractivity contribution in [3.63, 3.8) is 0 Å². The SMILES string of the molecule is Cc1cccc(NC(=O)CN(CC2CCCO2)C(=O)C2CC(=O)N(C(C)C)C2)c1C. The number of carbonyl (C=O) groups is 3. The number of carbonyl (C=O) groups excluding carboxylic acids is 3. The Hall–Kier alpha value is -2.41. The zero-order valence-electron chi connectivity index (χ0n) is 18.4. The Morgan fingerprint density at radius 2 is 2.07 bits per heavy atom. The van der Waals surface area contributed by atoms with Crippen LogP contribution in [0.2, 0.25) is 0 Å². The van der Waals surface area contributed by atoms with Crippen LogP contribution in [0, 0.1) is 19.8 Å². The molecule has 1 aromatic carbocycles. The van der Waals surface area contributed by atoms with Gasteiger partial charge in [-0.05, 0) is 57.7 Å². The van der Waals surface area contributed by atoms with Gasteiger partial charge in [0, 0.05) is 37.8 Å². The van der Waals surface area contributed by atoms with Gasteiger partial charge < -0.3 is 19.9 Å². The molecular weight excluding hydrogens is 382 g/mol. The van der Waals surface area contributed by atoms with Crippen LogP contribution < -0.4 is 5.32 Å². The molecule has 3 amide bonds. The maximum Gasteiger partial charge on any atom is 0.244 e. The van der Waals surface area contributed by atoms with E-state index in [0.29, 0.717) is 19.7 Å². The van der Waals surface area contributed by atoms with Gasteiger partial charge in [-0.1, -0.05) is 12.1 Å². The van der Waals surface area contributed by atoms with Crippen molar-refractivity contribution in [3.8, 4) is 0 Å². The van der Waals surface area contributed by atoms with Crippen LogP contribution in [0.4, 0.5) is 5.69 Å². The largest absolute Gasteiger partial charge is 0.376 e. The Balaban J connectivity index is 1.70. The molecule has 7 heteroatoms. The highest BCUT2D eigenvalue weighted by molar-refractivity contribution is 5.96. The minimum Gasteiger partial charge on any atom is -0.376 e. The molecule has 1 aromatic rings. The van der Waals surface area contributed by atoms with Crippen LogP contribution in [0.25, 0.3) is 0 Å². The highest BCUT2D eigenvalue weighted by Gasteiger charge is 2.38. The van der Waals surface area contributed by atoms with Gasteiger partial charge in [-0.2, -0.15) is 0 Å². The lowest BCUT2D eigenvalue weighted by Crippen LogP contribution is -2.45. The van der Waals surface area contributed by atoms with E-state index in [0.717, 1.165) is 29.7 Å². The molecule has 1 N–H and O–H groups in total. The Kier molecular flexibility index (Phi) is 7.13. The number of ether oxygens (including phenoxy) is 1. The molecule has 2 unspecified atom stereocenters. The predicted octanol–water partition coefficient (Wildman–Crippen LogP) is 2.51. The molecule has 30 heavy (non-hydrogen) atoms. The van der Waals surface area contributed by atoms with Gasteiger partial charge in [0.1, 0.15) is 0 Å². The van der Waals surface area contributed by atoms with Crippen molar-refractivity contribution in [2.24, 2.45) is 5.92 Å². The predicted molar refractivity (Wildman–Crippen MR) is 115 cm³/mol. The molecule has 0 saturated carbocycles. The maximum atomic E-state index is 13.3. The van der Waals surface area contributed by atoms with Crippen molar-refractivity contribution in [1.82, 2.24) is 9.80 Å². The fourth-order valence-corrected chi connectivity index (χ4v) is 4.17. The van der Waals surface area contributed by atoms with Gasteiger partial charge in [-0.25, -0.2) is 0 Å². The fourth-order valence-electron chi connectivity index (χ4n) is 4.17. The lowest BCUT2D eigenvalue weighted by Gasteiger charge is -2.28. The average Bonchev–Trinajstić information content (AvgIpc) is 3.34. The van der Waals surface area contributed by atoms with Crippen molar-refractivity contribution in [1.29, 1.82) is 0 Å². The molecule has 0 bridgehead atoms. The van der Waals surface area contributed by atoms with E-state index in [9.17, 15) is 14.4 Å². The highest BCUT2D eigenvalue weighted by atomic mass is 16.5. The van der Waals surface area contributed by atoms with E-state index in [2.05, 4.69) is 5.32 Å². The summed E-state index contributed by atoms with van der Waals surface area (Å²) in [5.74, 6) is -0.784. The standard InChI is InChI=1S/C23H33N3O4/c1-15(2)26-12-18(11-22(26)28)23(29)25(13-19-8-6-10-30-19)14-21(27)24-20-9-5-7-16(3)17(20)4/h5,7,9,15,18-19H,6,8,10-14H2,1-4H3,(H,24,27). The number of amides is 3. The quantitative estimate of drug-likeness (QED) is 0.742. The summed E-state index contributed by atoms with van der Waals surface area (Å²) >= 11 is 0. The summed E-state index contributed by atoms with van der Waals surface area (Å²) in [5, 5.41) is 2.94. The number of rotatable bonds is 7. The molecule has 0 aliphatic carbocycles. The Morgan fingerprint density at radius 1 is 1.30 bits per heavy atom. The third kappa shape index (κ3) is 5.19. The fraction of sp³-hybridized carbons (Fsp3) is 0.609. The third-order valence-corrected chi connectivity index (χ3v) is 6.10. The van der Waals surface area contributed by atoms with Crippen molar-refractivity contribution < 1.29 is 19.1 Å². The molecule has 0 radical (unpaired) electrons. The lowest BCUT2D eigenvalue weighted by molar-refractivity contribution is -0.139. The summed E-state index contributed by atoms with van der Waals surface area (Å²) in [6.07, 6.45) is 1.99. The average molecular weight is 416 g/mol. The summed E-state index contributed by atoms with van der Waals surface area (Å²) in [7, 11) is 0. The molecule has 3 rings (SSSR count). The number of benzene rings is 1. The molecule has 2 fully saturated rings. The summed E-state index contributed by atoms with van der Waals surface area (Å²) in [4.78, 5) is 41.7. The second-order valence-corrected chi connectivity index (χ2v) is 8.69. The molecule has 2 aliphatic rings. The number of nitrogens with zero attached hydrogens (tertiary/aromatic N) is 2. The monoisotopic (exact) mass is 415 g/mol. The van der Waals surface area contributed by atoms with E-state index in [4.69, 9.17) is 4.74 Å². The lowest BCUT2D eigenvalue weighted by atomic mass is 10.1. The van der Waals surface area contributed by atoms with Gasteiger partial charge in [0.2, 0.25) is 17.7 Å². The molecule has 2 heterocycles. The molecule has 7 nitrogen and oxygen atoms in total. The van der Waals surface area contributed by atoms with Crippen LogP contribution in [0.5, 0.6) is 0 Å². The molecular formula is C23H33N3O4. The van der Waals surface area contributed by atoms with Crippen LogP contribution in [-0.2, 0) is 19.1 Å². The van der Waals surface area contributed by atoms with Crippen LogP contribution >= 0.6 is 0 Å². The molecule has 164 valence electrons. The first-order chi connectivity index (χ1) is 14.3. The third-order valence-electron chi connectivity index (χ3n) is 6.10. The van der Waals surface area contributed by atoms with E-state index >= 15 is 0 Å². The number of hydrogen-bond acceptors (Lipinski definition) is 4. The summed E-state index contributed by atoms with van der Waals surface area (Å²) in [6, 6.07) is 5.82. The van der Waals surface area contributed by atoms with E-state index in [1.165, 1.54) is 0 Å². The van der Waals surface area contributed by atoms with Crippen molar-refractivity contribution in [2.45, 2.75) is 59.1 Å². The molecule has 0 spiro atoms. The second kappa shape index (κ2) is 9.60. The van der Waals surface area contributed by atoms with Gasteiger partial charge >= 0.3 is 0 Å². The van der Waals surface area contributed by atoms with Crippen LogP contribution in [0.3, 0.4) is 0 Å². The van der Waals surface area contributed by atoms with Crippen LogP contribution in [0.1, 0.15) is 44.2 Å². The van der Waals surface area contributed by atoms with Crippen LogP contribution in [-0.4, -0.2) is 65.9 Å². The van der Waals surface area contributed by atoms with E-state index < -0.39 is 5.92 Å². The zero-order chi connectivity index (χ0) is 21.8. The number of nitrogens with one attached hydrogen (secondary N) is 1. The smallest absolute Gasteiger partial charge is 0.244 e. The zero-order valence-corrected chi connectivity index (χ0v) is 18.4. The minimum atomic E-state index is -0.408. The molecule has 0 aromatic heterocycles. The maximum absolute atomic E-state index is 13.3. The minimum absolute atomic E-state index is 0.000235. The van der Waals surface area contributed by atoms with Crippen molar-refractivity contribution in [2.75, 3.05) is 31.6 Å². The van der Waals surface area contributed by atoms with Crippen molar-refractivity contribution in [3.05, 3.63) is 29.3 Å². The first-order valence-electron chi connectivity index (χ1n) is 10.8. The van der Waals surface area contributed by atoms with Gasteiger partial charge in [0.05, 0.1) is 18.6 Å². The molecule has 2 saturated heterocycles. The highest BCUT2D eigenvalue weighted by Crippen LogP contribution is 2.24. The van der Waals surface area contributed by atoms with Gasteiger partial charge in [-0.3, -0.25) is 14.4 Å². The molecule has 2 atom stereocenters. The first kappa shape index (κ1) is 22.3. The number of anilines is 1. The Labute approximate surface area is 178 Å². The van der Waals surface area contributed by atoms with E-state index in [1.54, 1.807) is 9.80 Å². The van der Waals surface area contributed by atoms with E-state index in [-0.39, 0.29) is 42.8 Å². The first-order valence-corrected chi connectivity index (χ1v) is 10.8.